The van der Waals surface area contributed by atoms with E-state index < -0.39 is 35.9 Å². The van der Waals surface area contributed by atoms with Crippen molar-refractivity contribution in [3.8, 4) is 0 Å². The number of nitrogen functional groups attached to an aromatic ring is 1. The van der Waals surface area contributed by atoms with Crippen LogP contribution in [0.3, 0.4) is 0 Å². The highest BCUT2D eigenvalue weighted by Gasteiger charge is 2.50. The maximum Gasteiger partial charge on any atom is 0.354 e. The first-order valence-corrected chi connectivity index (χ1v) is 7.59. The summed E-state index contributed by atoms with van der Waals surface area (Å²) >= 11 is 0. The van der Waals surface area contributed by atoms with Crippen LogP contribution in [0.1, 0.15) is 33.6 Å². The Labute approximate surface area is 138 Å². The topological polar surface area (TPSA) is 135 Å². The average Bonchev–Trinajstić information content (AvgIpc) is 2.80. The lowest BCUT2D eigenvalue weighted by atomic mass is 10.1. The van der Waals surface area contributed by atoms with Crippen molar-refractivity contribution >= 4 is 11.9 Å². The highest BCUT2D eigenvalue weighted by molar-refractivity contribution is 5.75. The van der Waals surface area contributed by atoms with Crippen LogP contribution in [0.2, 0.25) is 0 Å². The number of rotatable bonds is 5. The van der Waals surface area contributed by atoms with E-state index in [-0.39, 0.29) is 24.7 Å². The lowest BCUT2D eigenvalue weighted by Crippen LogP contribution is -2.44. The summed E-state index contributed by atoms with van der Waals surface area (Å²) in [6.45, 7) is 4.44. The minimum atomic E-state index is -2.22. The molecule has 134 valence electrons. The van der Waals surface area contributed by atoms with Crippen LogP contribution >= 0.6 is 0 Å². The van der Waals surface area contributed by atoms with Crippen molar-refractivity contribution in [2.24, 2.45) is 11.7 Å². The maximum absolute atomic E-state index is 14.8. The number of anilines is 1. The fourth-order valence-corrected chi connectivity index (χ4v) is 2.40. The summed E-state index contributed by atoms with van der Waals surface area (Å²) in [7, 11) is 0. The van der Waals surface area contributed by atoms with E-state index >= 15 is 0 Å². The summed E-state index contributed by atoms with van der Waals surface area (Å²) in [6.07, 6.45) is 1.26. The molecule has 0 spiro atoms. The van der Waals surface area contributed by atoms with Gasteiger partial charge in [0.1, 0.15) is 12.4 Å². The van der Waals surface area contributed by atoms with E-state index in [4.69, 9.17) is 20.9 Å². The van der Waals surface area contributed by atoms with Crippen molar-refractivity contribution in [1.82, 2.24) is 14.5 Å². The van der Waals surface area contributed by atoms with E-state index in [2.05, 4.69) is 9.97 Å². The Balaban J connectivity index is 2.07. The molecule has 1 aliphatic heterocycles. The van der Waals surface area contributed by atoms with Crippen LogP contribution < -0.4 is 17.2 Å². The van der Waals surface area contributed by atoms with E-state index in [1.165, 1.54) is 6.92 Å². The van der Waals surface area contributed by atoms with Crippen molar-refractivity contribution in [3.05, 3.63) is 16.8 Å². The molecule has 1 aromatic heterocycles. The van der Waals surface area contributed by atoms with Crippen molar-refractivity contribution in [2.75, 3.05) is 12.3 Å². The Morgan fingerprint density at radius 2 is 2.21 bits per heavy atom. The van der Waals surface area contributed by atoms with Gasteiger partial charge in [0.2, 0.25) is 11.8 Å². The van der Waals surface area contributed by atoms with Crippen LogP contribution in [0.5, 0.6) is 0 Å². The van der Waals surface area contributed by atoms with Gasteiger partial charge in [0.05, 0.1) is 0 Å². The Hall–Kier alpha value is -2.07. The number of alkyl halides is 1. The lowest BCUT2D eigenvalue weighted by molar-refractivity contribution is -0.225. The first kappa shape index (κ1) is 18.3. The van der Waals surface area contributed by atoms with Gasteiger partial charge in [-0.3, -0.25) is 9.36 Å². The lowest BCUT2D eigenvalue weighted by Gasteiger charge is -2.28. The standard InChI is InChI=1S/C14H22FN5O4/c1-8(2)9(16)10(21)23-6-14(15)5-4-13(3,24-14)20-7-18-11(17)19-12(20)22/h7-9H,4-6,16H2,1-3H3,(H2,17,19,22)/t9-,13+,14-/m0/s1. The average molecular weight is 343 g/mol. The zero-order valence-corrected chi connectivity index (χ0v) is 13.9. The Bertz CT molecular complexity index is 681. The van der Waals surface area contributed by atoms with Crippen molar-refractivity contribution in [3.63, 3.8) is 0 Å². The van der Waals surface area contributed by atoms with Gasteiger partial charge in [-0.1, -0.05) is 13.8 Å². The summed E-state index contributed by atoms with van der Waals surface area (Å²) in [4.78, 5) is 30.9. The van der Waals surface area contributed by atoms with Gasteiger partial charge < -0.3 is 20.9 Å². The van der Waals surface area contributed by atoms with Crippen LogP contribution in [0.25, 0.3) is 0 Å². The number of hydrogen-bond acceptors (Lipinski definition) is 8. The second kappa shape index (κ2) is 6.44. The molecule has 0 saturated carbocycles. The van der Waals surface area contributed by atoms with Crippen LogP contribution in [0, 0.1) is 5.92 Å². The minimum Gasteiger partial charge on any atom is -0.458 e. The van der Waals surface area contributed by atoms with E-state index in [9.17, 15) is 14.0 Å². The van der Waals surface area contributed by atoms with Crippen LogP contribution in [0.4, 0.5) is 10.3 Å². The molecular formula is C14H22FN5O4. The van der Waals surface area contributed by atoms with Crippen LogP contribution in [-0.4, -0.2) is 39.0 Å². The Kier molecular flexibility index (Phi) is 4.90. The molecule has 0 unspecified atom stereocenters. The van der Waals surface area contributed by atoms with Gasteiger partial charge in [0.25, 0.3) is 0 Å². The molecule has 0 radical (unpaired) electrons. The predicted octanol–water partition coefficient (Wildman–Crippen LogP) is -0.104. The highest BCUT2D eigenvalue weighted by atomic mass is 19.2. The Morgan fingerprint density at radius 3 is 2.79 bits per heavy atom. The van der Waals surface area contributed by atoms with Gasteiger partial charge >= 0.3 is 11.7 Å². The van der Waals surface area contributed by atoms with Crippen LogP contribution in [-0.2, 0) is 20.0 Å². The number of nitrogens with zero attached hydrogens (tertiary/aromatic N) is 3. The number of carbonyl (C=O) groups excluding carboxylic acids is 1. The summed E-state index contributed by atoms with van der Waals surface area (Å²) in [6, 6.07) is -0.838. The van der Waals surface area contributed by atoms with E-state index in [1.807, 2.05) is 0 Å². The number of nitrogens with two attached hydrogens (primary N) is 2. The van der Waals surface area contributed by atoms with Crippen molar-refractivity contribution in [2.45, 2.75) is 51.2 Å². The van der Waals surface area contributed by atoms with E-state index in [0.717, 1.165) is 10.9 Å². The monoisotopic (exact) mass is 343 g/mol. The molecule has 0 aromatic carbocycles. The number of esters is 1. The second-order valence-electron chi connectivity index (χ2n) is 6.40. The smallest absolute Gasteiger partial charge is 0.354 e. The van der Waals surface area contributed by atoms with Gasteiger partial charge in [-0.2, -0.15) is 4.98 Å². The first-order valence-electron chi connectivity index (χ1n) is 7.59. The van der Waals surface area contributed by atoms with E-state index in [1.54, 1.807) is 13.8 Å². The summed E-state index contributed by atoms with van der Waals surface area (Å²) in [5.74, 6) is -3.23. The van der Waals surface area contributed by atoms with Crippen molar-refractivity contribution in [1.29, 1.82) is 0 Å². The van der Waals surface area contributed by atoms with Crippen LogP contribution in [0.15, 0.2) is 11.1 Å². The summed E-state index contributed by atoms with van der Waals surface area (Å²) in [5, 5.41) is 0. The number of ether oxygens (including phenoxy) is 2. The molecule has 1 saturated heterocycles. The minimum absolute atomic E-state index is 0.0650. The number of hydrogen-bond donors (Lipinski definition) is 2. The molecule has 1 aromatic rings. The van der Waals surface area contributed by atoms with Gasteiger partial charge in [0.15, 0.2) is 12.3 Å². The molecule has 0 amide bonds. The maximum atomic E-state index is 14.8. The van der Waals surface area contributed by atoms with Gasteiger partial charge in [0, 0.05) is 12.8 Å². The molecular weight excluding hydrogens is 321 g/mol. The molecule has 10 heteroatoms. The Morgan fingerprint density at radius 1 is 1.54 bits per heavy atom. The zero-order chi connectivity index (χ0) is 18.1. The normalized spacial score (nSPS) is 28.1. The third-order valence-corrected chi connectivity index (χ3v) is 4.02. The quantitative estimate of drug-likeness (QED) is 0.707. The molecule has 4 N–H and O–H groups in total. The second-order valence-corrected chi connectivity index (χ2v) is 6.40. The van der Waals surface area contributed by atoms with E-state index in [0.29, 0.717) is 0 Å². The molecule has 24 heavy (non-hydrogen) atoms. The molecule has 9 nitrogen and oxygen atoms in total. The molecule has 1 fully saturated rings. The number of carbonyl (C=O) groups is 1. The summed E-state index contributed by atoms with van der Waals surface area (Å²) in [5.41, 5.74) is 8.99. The first-order chi connectivity index (χ1) is 11.1. The van der Waals surface area contributed by atoms with Gasteiger partial charge in [-0.15, -0.1) is 0 Å². The highest BCUT2D eigenvalue weighted by Crippen LogP contribution is 2.41. The third kappa shape index (κ3) is 3.70. The fourth-order valence-electron chi connectivity index (χ4n) is 2.40. The number of halogens is 1. The molecule has 0 bridgehead atoms. The third-order valence-electron chi connectivity index (χ3n) is 4.02. The number of aromatic nitrogens is 3. The largest absolute Gasteiger partial charge is 0.458 e. The van der Waals surface area contributed by atoms with Gasteiger partial charge in [-0.25, -0.2) is 14.2 Å². The SMILES string of the molecule is CC(C)[C@H](N)C(=O)OC[C@]1(F)CC[C@](C)(n2cnc(N)nc2=O)O1. The van der Waals surface area contributed by atoms with Gasteiger partial charge in [-0.05, 0) is 12.8 Å². The van der Waals surface area contributed by atoms with Crippen molar-refractivity contribution < 1.29 is 18.7 Å². The predicted molar refractivity (Wildman–Crippen MR) is 82.3 cm³/mol. The molecule has 0 aliphatic carbocycles. The molecule has 1 aliphatic rings. The molecule has 3 atom stereocenters. The molecule has 2 rings (SSSR count). The fraction of sp³-hybridized carbons (Fsp3) is 0.714. The zero-order valence-electron chi connectivity index (χ0n) is 13.9. The summed E-state index contributed by atoms with van der Waals surface area (Å²) < 4.78 is 26.2. The molecule has 2 heterocycles.